The van der Waals surface area contributed by atoms with E-state index in [0.29, 0.717) is 24.1 Å². The van der Waals surface area contributed by atoms with Crippen LogP contribution in [-0.2, 0) is 9.84 Å². The Hall–Kier alpha value is -2.71. The van der Waals surface area contributed by atoms with Crippen LogP contribution in [0.4, 0.5) is 5.95 Å². The summed E-state index contributed by atoms with van der Waals surface area (Å²) < 4.78 is 29.8. The molecule has 2 heterocycles. The van der Waals surface area contributed by atoms with E-state index in [-0.39, 0.29) is 4.90 Å². The molecule has 0 aliphatic carbocycles. The van der Waals surface area contributed by atoms with Gasteiger partial charge in [0.2, 0.25) is 5.95 Å². The normalized spacial score (nSPS) is 15.4. The molecule has 1 fully saturated rings. The Bertz CT molecular complexity index is 1220. The zero-order valence-corrected chi connectivity index (χ0v) is 20.6. The van der Waals surface area contributed by atoms with Gasteiger partial charge in [0.1, 0.15) is 12.4 Å². The van der Waals surface area contributed by atoms with Crippen LogP contribution in [0.2, 0.25) is 0 Å². The van der Waals surface area contributed by atoms with Gasteiger partial charge in [-0.05, 0) is 64.1 Å². The van der Waals surface area contributed by atoms with Gasteiger partial charge in [0.05, 0.1) is 16.1 Å². The lowest BCUT2D eigenvalue weighted by Crippen LogP contribution is -2.45. The minimum atomic E-state index is -3.28. The van der Waals surface area contributed by atoms with Crippen LogP contribution in [0.3, 0.4) is 0 Å². The number of benzene rings is 2. The molecule has 0 amide bonds. The second kappa shape index (κ2) is 9.65. The van der Waals surface area contributed by atoms with E-state index in [1.807, 2.05) is 19.1 Å². The van der Waals surface area contributed by atoms with Crippen LogP contribution in [-0.4, -0.2) is 68.9 Å². The molecule has 1 aliphatic rings. The second-order valence-electron chi connectivity index (χ2n) is 8.92. The average molecular weight is 469 g/mol. The van der Waals surface area contributed by atoms with Gasteiger partial charge < -0.3 is 9.64 Å². The molecule has 1 aromatic heterocycles. The van der Waals surface area contributed by atoms with E-state index < -0.39 is 9.84 Å². The smallest absolute Gasteiger partial charge is 0.226 e. The molecule has 1 saturated heterocycles. The fourth-order valence-electron chi connectivity index (χ4n) is 4.26. The maximum atomic E-state index is 11.9. The number of rotatable bonds is 7. The van der Waals surface area contributed by atoms with Crippen molar-refractivity contribution in [3.63, 3.8) is 0 Å². The van der Waals surface area contributed by atoms with Crippen molar-refractivity contribution >= 4 is 26.7 Å². The van der Waals surface area contributed by atoms with Crippen LogP contribution >= 0.6 is 0 Å². The SMILES string of the molecule is Cc1ccc(OCCN(C)C2CCN(c3nc(C)c4ccc(S(C)(=O)=O)cc4n3)CC2)cc1. The van der Waals surface area contributed by atoms with Crippen molar-refractivity contribution in [2.75, 3.05) is 44.4 Å². The number of nitrogens with zero attached hydrogens (tertiary/aromatic N) is 4. The van der Waals surface area contributed by atoms with E-state index in [9.17, 15) is 8.42 Å². The number of aromatic nitrogens is 2. The average Bonchev–Trinajstić information content (AvgIpc) is 2.79. The van der Waals surface area contributed by atoms with Crippen molar-refractivity contribution in [1.29, 1.82) is 0 Å². The first-order valence-electron chi connectivity index (χ1n) is 11.3. The highest BCUT2D eigenvalue weighted by atomic mass is 32.2. The molecule has 4 rings (SSSR count). The van der Waals surface area contributed by atoms with Crippen molar-refractivity contribution in [3.05, 3.63) is 53.7 Å². The van der Waals surface area contributed by atoms with E-state index in [2.05, 4.69) is 35.9 Å². The molecular formula is C25H32N4O3S. The molecule has 0 atom stereocenters. The van der Waals surface area contributed by atoms with Gasteiger partial charge >= 0.3 is 0 Å². The first-order chi connectivity index (χ1) is 15.7. The third-order valence-corrected chi connectivity index (χ3v) is 7.49. The first-order valence-corrected chi connectivity index (χ1v) is 13.2. The number of hydrogen-bond acceptors (Lipinski definition) is 7. The van der Waals surface area contributed by atoms with Gasteiger partial charge in [0.25, 0.3) is 0 Å². The molecule has 1 aliphatic heterocycles. The third kappa shape index (κ3) is 5.62. The van der Waals surface area contributed by atoms with E-state index >= 15 is 0 Å². The highest BCUT2D eigenvalue weighted by Crippen LogP contribution is 2.25. The summed E-state index contributed by atoms with van der Waals surface area (Å²) >= 11 is 0. The number of aryl methyl sites for hydroxylation is 2. The molecule has 0 saturated carbocycles. The zero-order chi connectivity index (χ0) is 23.6. The van der Waals surface area contributed by atoms with Crippen molar-refractivity contribution in [3.8, 4) is 5.75 Å². The molecule has 176 valence electrons. The fourth-order valence-corrected chi connectivity index (χ4v) is 4.90. The third-order valence-electron chi connectivity index (χ3n) is 6.38. The molecule has 33 heavy (non-hydrogen) atoms. The summed E-state index contributed by atoms with van der Waals surface area (Å²) in [5.41, 5.74) is 2.77. The van der Waals surface area contributed by atoms with Crippen molar-refractivity contribution in [2.45, 2.75) is 37.6 Å². The molecule has 0 unspecified atom stereocenters. The molecule has 0 radical (unpaired) electrons. The number of piperidine rings is 1. The number of sulfone groups is 1. The van der Waals surface area contributed by atoms with Crippen LogP contribution in [0.1, 0.15) is 24.1 Å². The second-order valence-corrected chi connectivity index (χ2v) is 10.9. The van der Waals surface area contributed by atoms with Crippen molar-refractivity contribution < 1.29 is 13.2 Å². The fraction of sp³-hybridized carbons (Fsp3) is 0.440. The van der Waals surface area contributed by atoms with Crippen molar-refractivity contribution in [2.24, 2.45) is 0 Å². The summed E-state index contributed by atoms with van der Waals surface area (Å²) in [7, 11) is -1.12. The maximum absolute atomic E-state index is 11.9. The Morgan fingerprint density at radius 1 is 1.06 bits per heavy atom. The Morgan fingerprint density at radius 2 is 1.76 bits per heavy atom. The minimum Gasteiger partial charge on any atom is -0.492 e. The summed E-state index contributed by atoms with van der Waals surface area (Å²) in [5.74, 6) is 1.58. The summed E-state index contributed by atoms with van der Waals surface area (Å²) in [6, 6.07) is 13.7. The highest BCUT2D eigenvalue weighted by molar-refractivity contribution is 7.90. The predicted octanol–water partition coefficient (Wildman–Crippen LogP) is 3.63. The van der Waals surface area contributed by atoms with Gasteiger partial charge in [0, 0.05) is 37.3 Å². The van der Waals surface area contributed by atoms with Crippen LogP contribution in [0, 0.1) is 13.8 Å². The molecule has 7 nitrogen and oxygen atoms in total. The number of ether oxygens (including phenoxy) is 1. The van der Waals surface area contributed by atoms with Crippen LogP contribution in [0.5, 0.6) is 5.75 Å². The summed E-state index contributed by atoms with van der Waals surface area (Å²) in [6.07, 6.45) is 3.26. The van der Waals surface area contributed by atoms with Gasteiger partial charge in [-0.15, -0.1) is 0 Å². The van der Waals surface area contributed by atoms with Crippen LogP contribution in [0.15, 0.2) is 47.4 Å². The van der Waals surface area contributed by atoms with Gasteiger partial charge in [0.15, 0.2) is 9.84 Å². The van der Waals surface area contributed by atoms with Gasteiger partial charge in [-0.3, -0.25) is 4.90 Å². The van der Waals surface area contributed by atoms with Gasteiger partial charge in [-0.1, -0.05) is 17.7 Å². The lowest BCUT2D eigenvalue weighted by molar-refractivity contribution is 0.170. The molecule has 0 N–H and O–H groups in total. The highest BCUT2D eigenvalue weighted by Gasteiger charge is 2.24. The van der Waals surface area contributed by atoms with E-state index in [0.717, 1.165) is 49.3 Å². The monoisotopic (exact) mass is 468 g/mol. The van der Waals surface area contributed by atoms with Crippen molar-refractivity contribution in [1.82, 2.24) is 14.9 Å². The Morgan fingerprint density at radius 3 is 2.42 bits per heavy atom. The largest absolute Gasteiger partial charge is 0.492 e. The van der Waals surface area contributed by atoms with Gasteiger partial charge in [-0.2, -0.15) is 0 Å². The topological polar surface area (TPSA) is 75.6 Å². The lowest BCUT2D eigenvalue weighted by atomic mass is 10.0. The maximum Gasteiger partial charge on any atom is 0.226 e. The summed E-state index contributed by atoms with van der Waals surface area (Å²) in [5, 5.41) is 0.884. The molecule has 8 heteroatoms. The quantitative estimate of drug-likeness (QED) is 0.524. The molecule has 0 bridgehead atoms. The Balaban J connectivity index is 1.36. The predicted molar refractivity (Wildman–Crippen MR) is 132 cm³/mol. The Labute approximate surface area is 196 Å². The van der Waals surface area contributed by atoms with Crippen LogP contribution < -0.4 is 9.64 Å². The Kier molecular flexibility index (Phi) is 6.86. The van der Waals surface area contributed by atoms with E-state index in [1.54, 1.807) is 18.2 Å². The van der Waals surface area contributed by atoms with Crippen LogP contribution in [0.25, 0.3) is 10.9 Å². The lowest BCUT2D eigenvalue weighted by Gasteiger charge is -2.36. The minimum absolute atomic E-state index is 0.284. The van der Waals surface area contributed by atoms with Gasteiger partial charge in [-0.25, -0.2) is 18.4 Å². The molecule has 3 aromatic rings. The first kappa shape index (κ1) is 23.4. The summed E-state index contributed by atoms with van der Waals surface area (Å²) in [4.78, 5) is 14.3. The molecule has 0 spiro atoms. The van der Waals surface area contributed by atoms with E-state index in [1.165, 1.54) is 11.8 Å². The molecular weight excluding hydrogens is 436 g/mol. The summed E-state index contributed by atoms with van der Waals surface area (Å²) in [6.45, 7) is 7.28. The molecule has 2 aromatic carbocycles. The zero-order valence-electron chi connectivity index (χ0n) is 19.8. The number of fused-ring (bicyclic) bond motifs is 1. The number of likely N-dealkylation sites (N-methyl/N-ethyl adjacent to an activating group) is 1. The number of hydrogen-bond donors (Lipinski definition) is 0. The van der Waals surface area contributed by atoms with E-state index in [4.69, 9.17) is 14.7 Å². The standard InChI is InChI=1S/C25H32N4O3S/c1-18-5-7-21(8-6-18)32-16-15-28(3)20-11-13-29(14-12-20)25-26-19(2)23-10-9-22(33(4,30)31)17-24(23)27-25/h5-10,17,20H,11-16H2,1-4H3. The number of anilines is 1.